The van der Waals surface area contributed by atoms with Gasteiger partial charge in [-0.15, -0.1) is 0 Å². The summed E-state index contributed by atoms with van der Waals surface area (Å²) in [6.45, 7) is 0. The normalized spacial score (nSPS) is 10.2. The SMILES string of the molecule is O=C(Cc1ccn[nH]1)Nc1cc(C(=O)O)ccc1Cl. The smallest absolute Gasteiger partial charge is 0.335 e. The van der Waals surface area contributed by atoms with Crippen LogP contribution < -0.4 is 5.32 Å². The number of carbonyl (C=O) groups is 2. The number of aromatic nitrogens is 2. The second-order valence-corrected chi connectivity index (χ2v) is 4.21. The fraction of sp³-hybridized carbons (Fsp3) is 0.0833. The zero-order valence-corrected chi connectivity index (χ0v) is 10.4. The van der Waals surface area contributed by atoms with Gasteiger partial charge in [0.2, 0.25) is 5.91 Å². The molecule has 0 fully saturated rings. The van der Waals surface area contributed by atoms with Gasteiger partial charge in [-0.2, -0.15) is 5.10 Å². The number of halogens is 1. The molecule has 0 radical (unpaired) electrons. The molecule has 98 valence electrons. The van der Waals surface area contributed by atoms with Gasteiger partial charge in [-0.05, 0) is 24.3 Å². The minimum absolute atomic E-state index is 0.0567. The molecule has 0 spiro atoms. The fourth-order valence-electron chi connectivity index (χ4n) is 1.50. The highest BCUT2D eigenvalue weighted by atomic mass is 35.5. The van der Waals surface area contributed by atoms with Crippen LogP contribution in [0.1, 0.15) is 16.1 Å². The number of nitrogens with one attached hydrogen (secondary N) is 2. The molecule has 2 aromatic rings. The highest BCUT2D eigenvalue weighted by Gasteiger charge is 2.11. The number of carbonyl (C=O) groups excluding carboxylic acids is 1. The van der Waals surface area contributed by atoms with Crippen molar-refractivity contribution >= 4 is 29.2 Å². The largest absolute Gasteiger partial charge is 0.478 e. The quantitative estimate of drug-likeness (QED) is 0.797. The predicted octanol–water partition coefficient (Wildman–Crippen LogP) is 1.94. The van der Waals surface area contributed by atoms with Crippen molar-refractivity contribution in [1.82, 2.24) is 10.2 Å². The second-order valence-electron chi connectivity index (χ2n) is 3.81. The number of aromatic carboxylic acids is 1. The van der Waals surface area contributed by atoms with Crippen molar-refractivity contribution in [3.63, 3.8) is 0 Å². The van der Waals surface area contributed by atoms with Gasteiger partial charge in [-0.3, -0.25) is 9.89 Å². The van der Waals surface area contributed by atoms with Gasteiger partial charge in [0.05, 0.1) is 22.7 Å². The topological polar surface area (TPSA) is 95.1 Å². The monoisotopic (exact) mass is 279 g/mol. The van der Waals surface area contributed by atoms with E-state index in [1.807, 2.05) is 0 Å². The molecule has 7 heteroatoms. The van der Waals surface area contributed by atoms with Crippen LogP contribution in [0, 0.1) is 0 Å². The Hall–Kier alpha value is -2.34. The second kappa shape index (κ2) is 5.53. The maximum Gasteiger partial charge on any atom is 0.335 e. The van der Waals surface area contributed by atoms with E-state index < -0.39 is 5.97 Å². The molecule has 0 saturated carbocycles. The molecule has 0 aliphatic rings. The number of hydrogen-bond donors (Lipinski definition) is 3. The Labute approximate surface area is 113 Å². The Morgan fingerprint density at radius 2 is 2.16 bits per heavy atom. The van der Waals surface area contributed by atoms with Crippen molar-refractivity contribution in [2.45, 2.75) is 6.42 Å². The first-order chi connectivity index (χ1) is 9.06. The van der Waals surface area contributed by atoms with E-state index in [0.29, 0.717) is 5.69 Å². The molecule has 0 aliphatic heterocycles. The molecule has 1 aromatic carbocycles. The molecule has 3 N–H and O–H groups in total. The Morgan fingerprint density at radius 1 is 1.37 bits per heavy atom. The Kier molecular flexibility index (Phi) is 3.82. The Morgan fingerprint density at radius 3 is 2.79 bits per heavy atom. The van der Waals surface area contributed by atoms with E-state index in [1.165, 1.54) is 18.2 Å². The van der Waals surface area contributed by atoms with Gasteiger partial charge >= 0.3 is 5.97 Å². The van der Waals surface area contributed by atoms with Crippen LogP contribution in [-0.2, 0) is 11.2 Å². The van der Waals surface area contributed by atoms with E-state index in [0.717, 1.165) is 0 Å². The van der Waals surface area contributed by atoms with Crippen molar-refractivity contribution in [3.05, 3.63) is 46.7 Å². The lowest BCUT2D eigenvalue weighted by Gasteiger charge is -2.07. The summed E-state index contributed by atoms with van der Waals surface area (Å²) in [7, 11) is 0. The first-order valence-electron chi connectivity index (χ1n) is 5.37. The molecule has 19 heavy (non-hydrogen) atoms. The standard InChI is InChI=1S/C12H10ClN3O3/c13-9-2-1-7(12(18)19)5-10(9)15-11(17)6-8-3-4-14-16-8/h1-5H,6H2,(H,14,16)(H,15,17)(H,18,19). The number of benzene rings is 1. The number of hydrogen-bond acceptors (Lipinski definition) is 3. The number of carboxylic acids is 1. The third-order valence-electron chi connectivity index (χ3n) is 2.40. The first kappa shape index (κ1) is 13.1. The van der Waals surface area contributed by atoms with Gasteiger partial charge < -0.3 is 10.4 Å². The van der Waals surface area contributed by atoms with Crippen molar-refractivity contribution in [1.29, 1.82) is 0 Å². The highest BCUT2D eigenvalue weighted by molar-refractivity contribution is 6.33. The summed E-state index contributed by atoms with van der Waals surface area (Å²) in [5.41, 5.74) is 0.982. The number of aromatic amines is 1. The van der Waals surface area contributed by atoms with Gasteiger partial charge in [0, 0.05) is 11.9 Å². The van der Waals surface area contributed by atoms with Crippen molar-refractivity contribution in [2.75, 3.05) is 5.32 Å². The van der Waals surface area contributed by atoms with Crippen LogP contribution in [0.3, 0.4) is 0 Å². The summed E-state index contributed by atoms with van der Waals surface area (Å²) in [5.74, 6) is -1.39. The third kappa shape index (κ3) is 3.32. The summed E-state index contributed by atoms with van der Waals surface area (Å²) in [6, 6.07) is 5.79. The average molecular weight is 280 g/mol. The van der Waals surface area contributed by atoms with Crippen LogP contribution in [0.5, 0.6) is 0 Å². The lowest BCUT2D eigenvalue weighted by Crippen LogP contribution is -2.15. The number of amides is 1. The molecule has 2 rings (SSSR count). The van der Waals surface area contributed by atoms with Crippen LogP contribution in [0.15, 0.2) is 30.5 Å². The van der Waals surface area contributed by atoms with Crippen LogP contribution in [0.25, 0.3) is 0 Å². The average Bonchev–Trinajstić information content (AvgIpc) is 2.84. The lowest BCUT2D eigenvalue weighted by atomic mass is 10.2. The number of rotatable bonds is 4. The summed E-state index contributed by atoms with van der Waals surface area (Å²) < 4.78 is 0. The predicted molar refractivity (Wildman–Crippen MR) is 69.3 cm³/mol. The lowest BCUT2D eigenvalue weighted by molar-refractivity contribution is -0.115. The number of anilines is 1. The summed E-state index contributed by atoms with van der Waals surface area (Å²) >= 11 is 5.90. The Balaban J connectivity index is 2.11. The minimum Gasteiger partial charge on any atom is -0.478 e. The number of carboxylic acid groups (broad SMARTS) is 1. The van der Waals surface area contributed by atoms with Crippen LogP contribution in [-0.4, -0.2) is 27.2 Å². The van der Waals surface area contributed by atoms with Gasteiger partial charge in [0.1, 0.15) is 0 Å². The first-order valence-corrected chi connectivity index (χ1v) is 5.75. The molecule has 0 atom stereocenters. The zero-order chi connectivity index (χ0) is 13.8. The van der Waals surface area contributed by atoms with Gasteiger partial charge in [0.15, 0.2) is 0 Å². The molecule has 0 aliphatic carbocycles. The van der Waals surface area contributed by atoms with Gasteiger partial charge in [-0.25, -0.2) is 4.79 Å². The number of nitrogens with zero attached hydrogens (tertiary/aromatic N) is 1. The van der Waals surface area contributed by atoms with E-state index in [-0.39, 0.29) is 28.6 Å². The van der Waals surface area contributed by atoms with E-state index in [1.54, 1.807) is 12.3 Å². The van der Waals surface area contributed by atoms with Gasteiger partial charge in [-0.1, -0.05) is 11.6 Å². The zero-order valence-electron chi connectivity index (χ0n) is 9.68. The number of H-pyrrole nitrogens is 1. The maximum absolute atomic E-state index is 11.7. The molecule has 0 unspecified atom stereocenters. The summed E-state index contributed by atoms with van der Waals surface area (Å²) in [5, 5.41) is 18.1. The van der Waals surface area contributed by atoms with Crippen molar-refractivity contribution in [3.8, 4) is 0 Å². The highest BCUT2D eigenvalue weighted by Crippen LogP contribution is 2.23. The molecular weight excluding hydrogens is 270 g/mol. The van der Waals surface area contributed by atoms with E-state index in [9.17, 15) is 9.59 Å². The molecule has 1 amide bonds. The molecule has 1 aromatic heterocycles. The minimum atomic E-state index is -1.08. The van der Waals surface area contributed by atoms with Crippen LogP contribution in [0.2, 0.25) is 5.02 Å². The van der Waals surface area contributed by atoms with Crippen LogP contribution in [0.4, 0.5) is 5.69 Å². The molecule has 0 saturated heterocycles. The molecule has 6 nitrogen and oxygen atoms in total. The van der Waals surface area contributed by atoms with E-state index in [2.05, 4.69) is 15.5 Å². The summed E-state index contributed by atoms with van der Waals surface area (Å²) in [4.78, 5) is 22.6. The summed E-state index contributed by atoms with van der Waals surface area (Å²) in [6.07, 6.45) is 1.65. The van der Waals surface area contributed by atoms with Crippen molar-refractivity contribution in [2.24, 2.45) is 0 Å². The Bertz CT molecular complexity index is 611. The fourth-order valence-corrected chi connectivity index (χ4v) is 1.67. The van der Waals surface area contributed by atoms with E-state index in [4.69, 9.17) is 16.7 Å². The molecule has 1 heterocycles. The van der Waals surface area contributed by atoms with Crippen LogP contribution >= 0.6 is 11.6 Å². The van der Waals surface area contributed by atoms with Crippen molar-refractivity contribution < 1.29 is 14.7 Å². The third-order valence-corrected chi connectivity index (χ3v) is 2.73. The maximum atomic E-state index is 11.7. The van der Waals surface area contributed by atoms with Gasteiger partial charge in [0.25, 0.3) is 0 Å². The molecular formula is C12H10ClN3O3. The van der Waals surface area contributed by atoms with E-state index >= 15 is 0 Å². The molecule has 0 bridgehead atoms.